The number of benzene rings is 2. The van der Waals surface area contributed by atoms with E-state index in [4.69, 9.17) is 11.6 Å². The summed E-state index contributed by atoms with van der Waals surface area (Å²) in [5.41, 5.74) is 4.71. The minimum absolute atomic E-state index is 0.0635. The van der Waals surface area contributed by atoms with Crippen molar-refractivity contribution in [3.63, 3.8) is 0 Å². The summed E-state index contributed by atoms with van der Waals surface area (Å²) in [5, 5.41) is 0.771. The van der Waals surface area contributed by atoms with E-state index in [9.17, 15) is 0 Å². The molecule has 0 saturated heterocycles. The average Bonchev–Trinajstić information content (AvgIpc) is 2.40. The molecule has 0 aromatic heterocycles. The van der Waals surface area contributed by atoms with Gasteiger partial charge in [-0.1, -0.05) is 53.6 Å². The summed E-state index contributed by atoms with van der Waals surface area (Å²) in [4.78, 5) is 4.62. The zero-order chi connectivity index (χ0) is 13.8. The minimum Gasteiger partial charge on any atom is -0.285 e. The van der Waals surface area contributed by atoms with Crippen LogP contribution < -0.4 is 0 Å². The number of nitrogens with zero attached hydrogens (tertiary/aromatic N) is 1. The molecule has 0 amide bonds. The lowest BCUT2D eigenvalue weighted by Gasteiger charge is -2.09. The molecule has 0 bridgehead atoms. The zero-order valence-corrected chi connectivity index (χ0v) is 12.3. The highest BCUT2D eigenvalue weighted by Crippen LogP contribution is 2.25. The van der Waals surface area contributed by atoms with E-state index in [1.54, 1.807) is 0 Å². The van der Waals surface area contributed by atoms with Crippen LogP contribution in [0.4, 0.5) is 0 Å². The van der Waals surface area contributed by atoms with Gasteiger partial charge >= 0.3 is 0 Å². The van der Waals surface area contributed by atoms with Gasteiger partial charge in [-0.25, -0.2) is 0 Å². The molecular weight excluding hydrogens is 254 g/mol. The van der Waals surface area contributed by atoms with E-state index >= 15 is 0 Å². The predicted molar refractivity (Wildman–Crippen MR) is 83.4 cm³/mol. The Balaban J connectivity index is 2.23. The quantitative estimate of drug-likeness (QED) is 0.686. The van der Waals surface area contributed by atoms with Crippen molar-refractivity contribution in [2.45, 2.75) is 26.8 Å². The van der Waals surface area contributed by atoms with Crippen molar-refractivity contribution in [2.75, 3.05) is 0 Å². The lowest BCUT2D eigenvalue weighted by molar-refractivity contribution is 0.825. The second kappa shape index (κ2) is 6.03. The van der Waals surface area contributed by atoms with Gasteiger partial charge in [0.05, 0.1) is 6.04 Å². The molecule has 0 aliphatic heterocycles. The molecule has 0 fully saturated rings. The van der Waals surface area contributed by atoms with Crippen LogP contribution in [0.25, 0.3) is 0 Å². The average molecular weight is 272 g/mol. The lowest BCUT2D eigenvalue weighted by atomic mass is 10.1. The molecule has 0 spiro atoms. The van der Waals surface area contributed by atoms with Crippen LogP contribution in [-0.2, 0) is 0 Å². The van der Waals surface area contributed by atoms with Gasteiger partial charge in [0.15, 0.2) is 0 Å². The number of aliphatic imine (C=N–C) groups is 1. The number of hydrogen-bond acceptors (Lipinski definition) is 1. The first-order chi connectivity index (χ1) is 9.08. The van der Waals surface area contributed by atoms with Gasteiger partial charge in [-0.05, 0) is 43.5 Å². The van der Waals surface area contributed by atoms with Crippen molar-refractivity contribution < 1.29 is 0 Å². The van der Waals surface area contributed by atoms with Crippen LogP contribution in [0.2, 0.25) is 5.02 Å². The van der Waals surface area contributed by atoms with Gasteiger partial charge in [0.25, 0.3) is 0 Å². The van der Waals surface area contributed by atoms with E-state index in [1.165, 1.54) is 16.7 Å². The molecule has 0 heterocycles. The van der Waals surface area contributed by atoms with Gasteiger partial charge in [-0.3, -0.25) is 4.99 Å². The fourth-order valence-corrected chi connectivity index (χ4v) is 2.28. The Morgan fingerprint density at radius 2 is 1.84 bits per heavy atom. The van der Waals surface area contributed by atoms with Gasteiger partial charge in [0.1, 0.15) is 0 Å². The van der Waals surface area contributed by atoms with Crippen LogP contribution in [0.1, 0.15) is 35.2 Å². The largest absolute Gasteiger partial charge is 0.285 e. The molecule has 0 aliphatic rings. The predicted octanol–water partition coefficient (Wildman–Crippen LogP) is 5.14. The monoisotopic (exact) mass is 271 g/mol. The first-order valence-electron chi connectivity index (χ1n) is 6.43. The lowest BCUT2D eigenvalue weighted by Crippen LogP contribution is -1.94. The van der Waals surface area contributed by atoms with E-state index in [-0.39, 0.29) is 6.04 Å². The summed E-state index contributed by atoms with van der Waals surface area (Å²) < 4.78 is 0. The summed E-state index contributed by atoms with van der Waals surface area (Å²) in [7, 11) is 0. The van der Waals surface area contributed by atoms with Gasteiger partial charge < -0.3 is 0 Å². The molecule has 2 rings (SSSR count). The molecule has 98 valence electrons. The zero-order valence-electron chi connectivity index (χ0n) is 11.5. The van der Waals surface area contributed by atoms with E-state index in [0.29, 0.717) is 0 Å². The molecule has 19 heavy (non-hydrogen) atoms. The highest BCUT2D eigenvalue weighted by molar-refractivity contribution is 6.31. The Morgan fingerprint density at radius 3 is 2.58 bits per heavy atom. The fourth-order valence-electron chi connectivity index (χ4n) is 1.99. The van der Waals surface area contributed by atoms with Crippen molar-refractivity contribution in [1.29, 1.82) is 0 Å². The van der Waals surface area contributed by atoms with Gasteiger partial charge in [0.2, 0.25) is 0 Å². The molecule has 2 aromatic rings. The van der Waals surface area contributed by atoms with Gasteiger partial charge in [0, 0.05) is 11.2 Å². The van der Waals surface area contributed by atoms with Crippen molar-refractivity contribution in [1.82, 2.24) is 0 Å². The third-order valence-electron chi connectivity index (χ3n) is 3.23. The molecule has 0 aliphatic carbocycles. The normalized spacial score (nSPS) is 12.8. The van der Waals surface area contributed by atoms with Crippen molar-refractivity contribution in [3.8, 4) is 0 Å². The van der Waals surface area contributed by atoms with Crippen molar-refractivity contribution in [3.05, 3.63) is 69.7 Å². The Labute approximate surface area is 120 Å². The third-order valence-corrected chi connectivity index (χ3v) is 3.57. The van der Waals surface area contributed by atoms with Crippen LogP contribution in [0.3, 0.4) is 0 Å². The van der Waals surface area contributed by atoms with Crippen LogP contribution in [-0.4, -0.2) is 6.21 Å². The highest BCUT2D eigenvalue weighted by atomic mass is 35.5. The molecule has 0 radical (unpaired) electrons. The highest BCUT2D eigenvalue weighted by Gasteiger charge is 2.06. The molecule has 1 unspecified atom stereocenters. The maximum Gasteiger partial charge on any atom is 0.0735 e. The smallest absolute Gasteiger partial charge is 0.0735 e. The topological polar surface area (TPSA) is 12.4 Å². The Kier molecular flexibility index (Phi) is 4.39. The summed E-state index contributed by atoms with van der Waals surface area (Å²) in [6.07, 6.45) is 1.94. The number of rotatable bonds is 3. The van der Waals surface area contributed by atoms with Crippen LogP contribution in [0.15, 0.2) is 47.5 Å². The Hall–Kier alpha value is -1.60. The first-order valence-corrected chi connectivity index (χ1v) is 6.80. The van der Waals surface area contributed by atoms with E-state index in [0.717, 1.165) is 10.6 Å². The van der Waals surface area contributed by atoms with E-state index in [2.05, 4.69) is 44.0 Å². The summed E-state index contributed by atoms with van der Waals surface area (Å²) in [5.74, 6) is 0. The molecule has 1 nitrogen and oxygen atoms in total. The second-order valence-electron chi connectivity index (χ2n) is 4.84. The molecular formula is C17H18ClN. The molecule has 0 N–H and O–H groups in total. The van der Waals surface area contributed by atoms with E-state index in [1.807, 2.05) is 30.5 Å². The molecule has 2 heteroatoms. The Morgan fingerprint density at radius 1 is 1.11 bits per heavy atom. The Bertz CT molecular complexity index is 602. The van der Waals surface area contributed by atoms with Crippen molar-refractivity contribution in [2.24, 2.45) is 4.99 Å². The molecule has 0 saturated carbocycles. The standard InChI is InChI=1S/C17H18ClN/c1-12-8-9-13(2)15(10-12)11-19-14(3)16-6-4-5-7-17(16)18/h4-11,14H,1-3H3/b19-11-. The van der Waals surface area contributed by atoms with Crippen LogP contribution in [0.5, 0.6) is 0 Å². The second-order valence-corrected chi connectivity index (χ2v) is 5.24. The number of hydrogen-bond donors (Lipinski definition) is 0. The molecule has 2 aromatic carbocycles. The van der Waals surface area contributed by atoms with Gasteiger partial charge in [-0.2, -0.15) is 0 Å². The number of aryl methyl sites for hydroxylation is 2. The summed E-state index contributed by atoms with van der Waals surface area (Å²) >= 11 is 6.18. The van der Waals surface area contributed by atoms with Crippen LogP contribution in [0, 0.1) is 13.8 Å². The number of halogens is 1. The minimum atomic E-state index is 0.0635. The maximum absolute atomic E-state index is 6.18. The fraction of sp³-hybridized carbons (Fsp3) is 0.235. The summed E-state index contributed by atoms with van der Waals surface area (Å²) in [6.45, 7) is 6.25. The summed E-state index contributed by atoms with van der Waals surface area (Å²) in [6, 6.07) is 14.3. The molecule has 1 atom stereocenters. The third kappa shape index (κ3) is 3.45. The van der Waals surface area contributed by atoms with Crippen LogP contribution >= 0.6 is 11.6 Å². The first kappa shape index (κ1) is 13.8. The van der Waals surface area contributed by atoms with Gasteiger partial charge in [-0.15, -0.1) is 0 Å². The maximum atomic E-state index is 6.18. The van der Waals surface area contributed by atoms with E-state index < -0.39 is 0 Å². The van der Waals surface area contributed by atoms with Crippen molar-refractivity contribution >= 4 is 17.8 Å². The SMILES string of the molecule is Cc1ccc(C)c(/C=N\C(C)c2ccccc2Cl)c1.